The van der Waals surface area contributed by atoms with Gasteiger partial charge in [-0.3, -0.25) is 4.79 Å². The van der Waals surface area contributed by atoms with E-state index in [1.165, 1.54) is 6.42 Å². The Balaban J connectivity index is 1.50. The fraction of sp³-hybridized carbons (Fsp3) is 0.412. The number of imidazole rings is 1. The number of piperidine rings is 2. The van der Waals surface area contributed by atoms with E-state index in [1.54, 1.807) is 12.5 Å². The van der Waals surface area contributed by atoms with Gasteiger partial charge in [0.1, 0.15) is 0 Å². The van der Waals surface area contributed by atoms with Crippen LogP contribution in [-0.2, 0) is 0 Å². The van der Waals surface area contributed by atoms with Gasteiger partial charge < -0.3 is 14.8 Å². The molecular formula is C17H20N4O. The standard InChI is InChI=1S/C17H20N4O/c22-17(21-10-13-7-14(11-21)9-19-8-13)15-1-3-16(4-2-15)20-6-5-18-12-20/h1-6,12-14,19H,7-11H2/t13-,14+. The summed E-state index contributed by atoms with van der Waals surface area (Å²) < 4.78 is 1.94. The second-order valence-corrected chi connectivity index (χ2v) is 6.35. The molecule has 2 bridgehead atoms. The number of hydrogen-bond acceptors (Lipinski definition) is 3. The molecule has 5 heteroatoms. The predicted octanol–water partition coefficient (Wildman–Crippen LogP) is 1.55. The summed E-state index contributed by atoms with van der Waals surface area (Å²) in [4.78, 5) is 18.8. The van der Waals surface area contributed by atoms with Crippen molar-refractivity contribution in [2.24, 2.45) is 11.8 Å². The van der Waals surface area contributed by atoms with Crippen LogP contribution in [0.5, 0.6) is 0 Å². The smallest absolute Gasteiger partial charge is 0.253 e. The number of rotatable bonds is 2. The number of benzene rings is 1. The van der Waals surface area contributed by atoms with Crippen LogP contribution >= 0.6 is 0 Å². The first kappa shape index (κ1) is 13.5. The molecular weight excluding hydrogens is 276 g/mol. The molecule has 1 amide bonds. The molecule has 4 rings (SSSR count). The number of nitrogens with zero attached hydrogens (tertiary/aromatic N) is 3. The average molecular weight is 296 g/mol. The van der Waals surface area contributed by atoms with Crippen molar-refractivity contribution in [1.29, 1.82) is 0 Å². The lowest BCUT2D eigenvalue weighted by molar-refractivity contribution is 0.0538. The molecule has 5 nitrogen and oxygen atoms in total. The predicted molar refractivity (Wildman–Crippen MR) is 83.9 cm³/mol. The summed E-state index contributed by atoms with van der Waals surface area (Å²) in [5.41, 5.74) is 1.80. The van der Waals surface area contributed by atoms with Crippen molar-refractivity contribution in [1.82, 2.24) is 19.8 Å². The van der Waals surface area contributed by atoms with Gasteiger partial charge >= 0.3 is 0 Å². The minimum absolute atomic E-state index is 0.161. The van der Waals surface area contributed by atoms with Crippen LogP contribution in [0.1, 0.15) is 16.8 Å². The van der Waals surface area contributed by atoms with Crippen LogP contribution in [0.2, 0.25) is 0 Å². The molecule has 3 heterocycles. The number of carbonyl (C=O) groups excluding carboxylic acids is 1. The van der Waals surface area contributed by atoms with Crippen LogP contribution in [0.25, 0.3) is 5.69 Å². The van der Waals surface area contributed by atoms with Crippen molar-refractivity contribution in [2.45, 2.75) is 6.42 Å². The summed E-state index contributed by atoms with van der Waals surface area (Å²) in [7, 11) is 0. The molecule has 0 unspecified atom stereocenters. The minimum Gasteiger partial charge on any atom is -0.338 e. The number of nitrogens with one attached hydrogen (secondary N) is 1. The number of fused-ring (bicyclic) bond motifs is 2. The Morgan fingerprint density at radius 2 is 1.86 bits per heavy atom. The van der Waals surface area contributed by atoms with Crippen LogP contribution in [0, 0.1) is 11.8 Å². The van der Waals surface area contributed by atoms with Crippen LogP contribution in [0.3, 0.4) is 0 Å². The minimum atomic E-state index is 0.161. The Morgan fingerprint density at radius 3 is 2.50 bits per heavy atom. The highest BCUT2D eigenvalue weighted by molar-refractivity contribution is 5.94. The van der Waals surface area contributed by atoms with Gasteiger partial charge in [-0.05, 0) is 55.6 Å². The molecule has 2 saturated heterocycles. The van der Waals surface area contributed by atoms with Gasteiger partial charge in [-0.25, -0.2) is 4.98 Å². The fourth-order valence-electron chi connectivity index (χ4n) is 3.64. The van der Waals surface area contributed by atoms with Crippen molar-refractivity contribution in [3.05, 3.63) is 48.5 Å². The molecule has 0 radical (unpaired) electrons. The molecule has 1 aromatic carbocycles. The van der Waals surface area contributed by atoms with Crippen molar-refractivity contribution >= 4 is 5.91 Å². The van der Waals surface area contributed by atoms with E-state index in [0.717, 1.165) is 37.4 Å². The van der Waals surface area contributed by atoms with E-state index >= 15 is 0 Å². The highest BCUT2D eigenvalue weighted by atomic mass is 16.2. The maximum absolute atomic E-state index is 12.7. The van der Waals surface area contributed by atoms with E-state index in [0.29, 0.717) is 11.8 Å². The summed E-state index contributed by atoms with van der Waals surface area (Å²) in [6.45, 7) is 3.84. The third kappa shape index (κ3) is 2.52. The first-order valence-electron chi connectivity index (χ1n) is 7.88. The Hall–Kier alpha value is -2.14. The topological polar surface area (TPSA) is 50.2 Å². The Morgan fingerprint density at radius 1 is 1.14 bits per heavy atom. The molecule has 0 saturated carbocycles. The van der Waals surface area contributed by atoms with E-state index in [1.807, 2.05) is 39.9 Å². The molecule has 22 heavy (non-hydrogen) atoms. The summed E-state index contributed by atoms with van der Waals surface area (Å²) in [6.07, 6.45) is 6.67. The molecule has 114 valence electrons. The van der Waals surface area contributed by atoms with Gasteiger partial charge in [-0.1, -0.05) is 0 Å². The Labute approximate surface area is 130 Å². The van der Waals surface area contributed by atoms with Gasteiger partial charge in [-0.2, -0.15) is 0 Å². The van der Waals surface area contributed by atoms with Crippen molar-refractivity contribution < 1.29 is 4.79 Å². The van der Waals surface area contributed by atoms with Crippen molar-refractivity contribution in [2.75, 3.05) is 26.2 Å². The van der Waals surface area contributed by atoms with E-state index in [4.69, 9.17) is 0 Å². The summed E-state index contributed by atoms with van der Waals surface area (Å²) in [6, 6.07) is 7.78. The van der Waals surface area contributed by atoms with Crippen molar-refractivity contribution in [3.63, 3.8) is 0 Å². The van der Waals surface area contributed by atoms with Crippen LogP contribution in [0.15, 0.2) is 43.0 Å². The number of aromatic nitrogens is 2. The number of amides is 1. The summed E-state index contributed by atoms with van der Waals surface area (Å²) in [5.74, 6) is 1.39. The van der Waals surface area contributed by atoms with Crippen molar-refractivity contribution in [3.8, 4) is 5.69 Å². The van der Waals surface area contributed by atoms with Gasteiger partial charge in [0.25, 0.3) is 5.91 Å². The second-order valence-electron chi connectivity index (χ2n) is 6.35. The fourth-order valence-corrected chi connectivity index (χ4v) is 3.64. The molecule has 2 aliphatic heterocycles. The monoisotopic (exact) mass is 296 g/mol. The van der Waals surface area contributed by atoms with Crippen LogP contribution < -0.4 is 5.32 Å². The molecule has 1 aromatic heterocycles. The second kappa shape index (κ2) is 5.57. The molecule has 2 aromatic rings. The first-order chi connectivity index (χ1) is 10.8. The maximum atomic E-state index is 12.7. The summed E-state index contributed by atoms with van der Waals surface area (Å²) in [5, 5.41) is 3.46. The van der Waals surface area contributed by atoms with Crippen LogP contribution in [-0.4, -0.2) is 46.5 Å². The zero-order valence-electron chi connectivity index (χ0n) is 12.5. The normalized spacial score (nSPS) is 24.3. The third-order valence-electron chi connectivity index (χ3n) is 4.69. The zero-order chi connectivity index (χ0) is 14.9. The molecule has 2 aliphatic rings. The van der Waals surface area contributed by atoms with E-state index in [2.05, 4.69) is 10.3 Å². The SMILES string of the molecule is O=C(c1ccc(-n2ccnc2)cc1)N1C[C@@H]2CNC[C@@H](C2)C1. The largest absolute Gasteiger partial charge is 0.338 e. The van der Waals surface area contributed by atoms with E-state index < -0.39 is 0 Å². The van der Waals surface area contributed by atoms with Gasteiger partial charge in [0.05, 0.1) is 6.33 Å². The van der Waals surface area contributed by atoms with Gasteiger partial charge in [0, 0.05) is 36.7 Å². The zero-order valence-corrected chi connectivity index (χ0v) is 12.5. The lowest BCUT2D eigenvalue weighted by Crippen LogP contribution is -2.52. The molecule has 2 fully saturated rings. The van der Waals surface area contributed by atoms with Crippen LogP contribution in [0.4, 0.5) is 0 Å². The third-order valence-corrected chi connectivity index (χ3v) is 4.69. The van der Waals surface area contributed by atoms with E-state index in [-0.39, 0.29) is 5.91 Å². The molecule has 0 spiro atoms. The molecule has 0 aliphatic carbocycles. The van der Waals surface area contributed by atoms with Gasteiger partial charge in [-0.15, -0.1) is 0 Å². The molecule has 2 atom stereocenters. The number of likely N-dealkylation sites (tertiary alicyclic amines) is 1. The maximum Gasteiger partial charge on any atom is 0.253 e. The molecule has 1 N–H and O–H groups in total. The first-order valence-corrected chi connectivity index (χ1v) is 7.88. The number of hydrogen-bond donors (Lipinski definition) is 1. The summed E-state index contributed by atoms with van der Waals surface area (Å²) >= 11 is 0. The Bertz CT molecular complexity index is 638. The lowest BCUT2D eigenvalue weighted by Gasteiger charge is -2.41. The Kier molecular flexibility index (Phi) is 3.42. The van der Waals surface area contributed by atoms with E-state index in [9.17, 15) is 4.79 Å². The quantitative estimate of drug-likeness (QED) is 0.915. The number of carbonyl (C=O) groups is 1. The average Bonchev–Trinajstić information content (AvgIpc) is 3.08. The lowest BCUT2D eigenvalue weighted by atomic mass is 9.85. The highest BCUT2D eigenvalue weighted by Gasteiger charge is 2.32. The highest BCUT2D eigenvalue weighted by Crippen LogP contribution is 2.25. The van der Waals surface area contributed by atoms with Gasteiger partial charge in [0.2, 0.25) is 0 Å². The van der Waals surface area contributed by atoms with Gasteiger partial charge in [0.15, 0.2) is 0 Å².